The SMILES string of the molecule is CCCCCCCC(=O)OC[C@H]1O[C@@H](n2c(=O)sc3c(O)nc(N)nc32)[C@H](OC(=O)CCCCCCC)[C@@H]1OC(=O)CCCCCCC. The first-order valence-electron chi connectivity index (χ1n) is 17.8. The summed E-state index contributed by atoms with van der Waals surface area (Å²) in [5, 5.41) is 10.4. The summed E-state index contributed by atoms with van der Waals surface area (Å²) >= 11 is 0.673. The van der Waals surface area contributed by atoms with Crippen LogP contribution in [0, 0.1) is 0 Å². The Kier molecular flexibility index (Phi) is 17.1. The van der Waals surface area contributed by atoms with Gasteiger partial charge in [0, 0.05) is 19.3 Å². The zero-order valence-electron chi connectivity index (χ0n) is 28.8. The highest BCUT2D eigenvalue weighted by atomic mass is 32.1. The highest BCUT2D eigenvalue weighted by molar-refractivity contribution is 7.16. The van der Waals surface area contributed by atoms with E-state index in [1.807, 2.05) is 0 Å². The lowest BCUT2D eigenvalue weighted by molar-refractivity contribution is -0.169. The number of thiazole rings is 1. The van der Waals surface area contributed by atoms with Crippen molar-refractivity contribution in [3.63, 3.8) is 0 Å². The normalized spacial score (nSPS) is 19.1. The molecular formula is C34H54N4O9S. The Hall–Kier alpha value is -3.26. The summed E-state index contributed by atoms with van der Waals surface area (Å²) in [7, 11) is 0. The molecule has 0 saturated carbocycles. The van der Waals surface area contributed by atoms with Gasteiger partial charge >= 0.3 is 22.8 Å². The summed E-state index contributed by atoms with van der Waals surface area (Å²) in [5.41, 5.74) is 5.78. The van der Waals surface area contributed by atoms with Crippen LogP contribution in [0.4, 0.5) is 5.95 Å². The molecule has 1 saturated heterocycles. The first-order chi connectivity index (χ1) is 23.2. The number of unbranched alkanes of at least 4 members (excludes halogenated alkanes) is 12. The van der Waals surface area contributed by atoms with E-state index in [1.165, 1.54) is 0 Å². The first kappa shape index (κ1) is 39.2. The number of aromatic hydroxyl groups is 1. The first-order valence-corrected chi connectivity index (χ1v) is 18.6. The molecule has 2 aromatic heterocycles. The van der Waals surface area contributed by atoms with Gasteiger partial charge in [0.25, 0.3) is 0 Å². The van der Waals surface area contributed by atoms with Crippen LogP contribution in [0.3, 0.4) is 0 Å². The second-order valence-corrected chi connectivity index (χ2v) is 13.4. The van der Waals surface area contributed by atoms with Gasteiger partial charge in [-0.2, -0.15) is 9.97 Å². The van der Waals surface area contributed by atoms with Gasteiger partial charge < -0.3 is 29.8 Å². The van der Waals surface area contributed by atoms with Gasteiger partial charge in [0.15, 0.2) is 24.1 Å². The number of ether oxygens (including phenoxy) is 4. The second kappa shape index (κ2) is 21.0. The number of fused-ring (bicyclic) bond motifs is 1. The number of esters is 3. The lowest BCUT2D eigenvalue weighted by Crippen LogP contribution is -2.42. The number of nitrogen functional groups attached to an aromatic ring is 1. The van der Waals surface area contributed by atoms with E-state index in [2.05, 4.69) is 30.7 Å². The minimum atomic E-state index is -1.32. The Balaban J connectivity index is 1.89. The van der Waals surface area contributed by atoms with Gasteiger partial charge in [-0.1, -0.05) is 109 Å². The van der Waals surface area contributed by atoms with E-state index in [1.54, 1.807) is 0 Å². The van der Waals surface area contributed by atoms with Crippen molar-refractivity contribution < 1.29 is 38.4 Å². The maximum Gasteiger partial charge on any atom is 0.311 e. The topological polar surface area (TPSA) is 182 Å². The highest BCUT2D eigenvalue weighted by Gasteiger charge is 2.52. The number of carbonyl (C=O) groups is 3. The minimum Gasteiger partial charge on any atom is -0.492 e. The van der Waals surface area contributed by atoms with E-state index in [0.717, 1.165) is 81.6 Å². The molecule has 0 aromatic carbocycles. The van der Waals surface area contributed by atoms with Crippen molar-refractivity contribution in [2.24, 2.45) is 0 Å². The summed E-state index contributed by atoms with van der Waals surface area (Å²) in [6, 6.07) is 0. The van der Waals surface area contributed by atoms with Crippen LogP contribution in [0.15, 0.2) is 4.79 Å². The largest absolute Gasteiger partial charge is 0.492 e. The van der Waals surface area contributed by atoms with Gasteiger partial charge in [0.05, 0.1) is 0 Å². The van der Waals surface area contributed by atoms with Gasteiger partial charge in [-0.3, -0.25) is 23.7 Å². The molecule has 270 valence electrons. The smallest absolute Gasteiger partial charge is 0.311 e. The Morgan fingerprint density at radius 2 is 1.27 bits per heavy atom. The molecule has 1 fully saturated rings. The van der Waals surface area contributed by atoms with Crippen LogP contribution in [0.25, 0.3) is 10.3 Å². The zero-order valence-corrected chi connectivity index (χ0v) is 29.6. The maximum absolute atomic E-state index is 13.4. The van der Waals surface area contributed by atoms with Crippen molar-refractivity contribution in [2.45, 2.75) is 161 Å². The second-order valence-electron chi connectivity index (χ2n) is 12.4. The number of carbonyl (C=O) groups excluding carboxylic acids is 3. The number of nitrogens with zero attached hydrogens (tertiary/aromatic N) is 3. The molecule has 48 heavy (non-hydrogen) atoms. The molecule has 0 bridgehead atoms. The quantitative estimate of drug-likeness (QED) is 0.0734. The third-order valence-electron chi connectivity index (χ3n) is 8.40. The van der Waals surface area contributed by atoms with Crippen LogP contribution < -0.4 is 10.6 Å². The number of nitrogens with two attached hydrogens (primary N) is 1. The molecule has 2 aromatic rings. The Labute approximate surface area is 286 Å². The third kappa shape index (κ3) is 12.0. The molecule has 1 aliphatic rings. The van der Waals surface area contributed by atoms with Gasteiger partial charge in [0.1, 0.15) is 17.4 Å². The van der Waals surface area contributed by atoms with Crippen LogP contribution in [-0.4, -0.2) is 62.5 Å². The Morgan fingerprint density at radius 3 is 1.81 bits per heavy atom. The summed E-state index contributed by atoms with van der Waals surface area (Å²) in [5.74, 6) is -2.24. The fraction of sp³-hybridized carbons (Fsp3) is 0.765. The molecule has 3 rings (SSSR count). The van der Waals surface area contributed by atoms with E-state index in [4.69, 9.17) is 24.7 Å². The average molecular weight is 695 g/mol. The van der Waals surface area contributed by atoms with Crippen LogP contribution in [-0.2, 0) is 33.3 Å². The van der Waals surface area contributed by atoms with Crippen molar-refractivity contribution >= 4 is 45.5 Å². The van der Waals surface area contributed by atoms with Crippen LogP contribution in [0.2, 0.25) is 0 Å². The monoisotopic (exact) mass is 694 g/mol. The van der Waals surface area contributed by atoms with Crippen molar-refractivity contribution in [3.05, 3.63) is 9.67 Å². The van der Waals surface area contributed by atoms with E-state index in [0.29, 0.717) is 30.6 Å². The molecular weight excluding hydrogens is 640 g/mol. The molecule has 3 heterocycles. The van der Waals surface area contributed by atoms with Crippen molar-refractivity contribution in [3.8, 4) is 5.88 Å². The molecule has 0 unspecified atom stereocenters. The predicted molar refractivity (Wildman–Crippen MR) is 183 cm³/mol. The van der Waals surface area contributed by atoms with Crippen LogP contribution in [0.1, 0.15) is 143 Å². The van der Waals surface area contributed by atoms with Gasteiger partial charge in [-0.05, 0) is 19.3 Å². The van der Waals surface area contributed by atoms with Crippen molar-refractivity contribution in [1.82, 2.24) is 14.5 Å². The van der Waals surface area contributed by atoms with Gasteiger partial charge in [0.2, 0.25) is 11.8 Å². The average Bonchev–Trinajstić information content (AvgIpc) is 3.55. The lowest BCUT2D eigenvalue weighted by atomic mass is 10.1. The molecule has 0 radical (unpaired) electrons. The lowest BCUT2D eigenvalue weighted by Gasteiger charge is -2.24. The molecule has 14 heteroatoms. The fourth-order valence-corrected chi connectivity index (χ4v) is 6.59. The molecule has 0 aliphatic carbocycles. The summed E-state index contributed by atoms with van der Waals surface area (Å²) in [6.45, 7) is 6.05. The number of hydrogen-bond donors (Lipinski definition) is 2. The Bertz CT molecular complexity index is 1360. The van der Waals surface area contributed by atoms with Crippen LogP contribution in [0.5, 0.6) is 5.88 Å². The van der Waals surface area contributed by atoms with Crippen molar-refractivity contribution in [2.75, 3.05) is 12.3 Å². The summed E-state index contributed by atoms with van der Waals surface area (Å²) < 4.78 is 24.9. The Morgan fingerprint density at radius 1 is 0.771 bits per heavy atom. The van der Waals surface area contributed by atoms with E-state index < -0.39 is 53.2 Å². The van der Waals surface area contributed by atoms with Gasteiger partial charge in [-0.25, -0.2) is 0 Å². The van der Waals surface area contributed by atoms with Crippen molar-refractivity contribution in [1.29, 1.82) is 0 Å². The number of aromatic nitrogens is 3. The minimum absolute atomic E-state index is 0.0219. The van der Waals surface area contributed by atoms with Gasteiger partial charge in [-0.15, -0.1) is 0 Å². The fourth-order valence-electron chi connectivity index (χ4n) is 5.75. The number of anilines is 1. The number of hydrogen-bond acceptors (Lipinski definition) is 13. The molecule has 1 aliphatic heterocycles. The highest BCUT2D eigenvalue weighted by Crippen LogP contribution is 2.37. The van der Waals surface area contributed by atoms with E-state index in [9.17, 15) is 24.3 Å². The molecule has 3 N–H and O–H groups in total. The maximum atomic E-state index is 13.4. The van der Waals surface area contributed by atoms with Crippen LogP contribution >= 0.6 is 11.3 Å². The third-order valence-corrected chi connectivity index (χ3v) is 9.34. The number of rotatable bonds is 23. The van der Waals surface area contributed by atoms with E-state index >= 15 is 0 Å². The summed E-state index contributed by atoms with van der Waals surface area (Å²) in [6.07, 6.45) is 9.69. The summed E-state index contributed by atoms with van der Waals surface area (Å²) in [4.78, 5) is 59.7. The molecule has 0 amide bonds. The standard InChI is InChI=1S/C34H54N4O9S/c1-4-7-10-13-16-19-24(39)44-22-23-27(46-25(40)20-17-14-11-8-5-2)28(47-26(41)21-18-15-12-9-6-3)32(45-23)38-30-29(48-34(38)43)31(42)37-33(35)36-30/h23,27-28,32H,4-22H2,1-3H3,(H3,35,36,37,42)/t23-,27-,28-,32-/m1/s1. The molecule has 4 atom stereocenters. The van der Waals surface area contributed by atoms with E-state index in [-0.39, 0.29) is 42.2 Å². The zero-order chi connectivity index (χ0) is 34.9. The predicted octanol–water partition coefficient (Wildman–Crippen LogP) is 6.49. The molecule has 0 spiro atoms. The molecule has 13 nitrogen and oxygen atoms in total.